The van der Waals surface area contributed by atoms with Crippen LogP contribution in [0.2, 0.25) is 0 Å². The Morgan fingerprint density at radius 1 is 1.36 bits per heavy atom. The van der Waals surface area contributed by atoms with Gasteiger partial charge in [0.25, 0.3) is 0 Å². The van der Waals surface area contributed by atoms with E-state index in [9.17, 15) is 5.11 Å². The number of hydrogen-bond acceptors (Lipinski definition) is 1. The third-order valence-corrected chi connectivity index (χ3v) is 3.15. The van der Waals surface area contributed by atoms with Gasteiger partial charge in [0, 0.05) is 32.7 Å². The number of aliphatic hydroxyl groups is 1. The average Bonchev–Trinajstić information content (AvgIpc) is 1.86. The normalized spacial score (nSPS) is 23.2. The van der Waals surface area contributed by atoms with Crippen molar-refractivity contribution in [2.45, 2.75) is 52.1 Å². The van der Waals surface area contributed by atoms with E-state index in [1.54, 1.807) is 0 Å². The molecule has 0 heterocycles. The second-order valence-electron chi connectivity index (χ2n) is 3.49. The average molecular weight is 231 g/mol. The van der Waals surface area contributed by atoms with Crippen molar-refractivity contribution < 1.29 is 37.8 Å². The van der Waals surface area contributed by atoms with Gasteiger partial charge in [-0.15, -0.1) is 0 Å². The van der Waals surface area contributed by atoms with Crippen LogP contribution in [-0.4, -0.2) is 11.2 Å². The number of hydrogen-bond donors (Lipinski definition) is 1. The molecule has 0 spiro atoms. The molecule has 63 valence electrons. The molecular formula is C9H18OY. The second kappa shape index (κ2) is 4.94. The van der Waals surface area contributed by atoms with E-state index in [0.29, 0.717) is 5.41 Å². The molecule has 1 nitrogen and oxygen atoms in total. The summed E-state index contributed by atoms with van der Waals surface area (Å²) in [5, 5.41) is 9.63. The van der Waals surface area contributed by atoms with Gasteiger partial charge in [-0.25, -0.2) is 0 Å². The molecule has 1 rings (SSSR count). The monoisotopic (exact) mass is 231 g/mol. The molecule has 2 heteroatoms. The summed E-state index contributed by atoms with van der Waals surface area (Å²) in [6.45, 7) is 4.26. The van der Waals surface area contributed by atoms with E-state index in [0.717, 1.165) is 12.8 Å². The SMILES string of the molecule is CCC(O)C1(CC)CCC1.[Y]. The Bertz CT molecular complexity index is 105. The van der Waals surface area contributed by atoms with E-state index in [-0.39, 0.29) is 38.8 Å². The van der Waals surface area contributed by atoms with Crippen LogP contribution in [0, 0.1) is 5.41 Å². The van der Waals surface area contributed by atoms with Gasteiger partial charge in [0.1, 0.15) is 0 Å². The number of rotatable bonds is 3. The smallest absolute Gasteiger partial charge is 0.0593 e. The molecule has 0 aromatic heterocycles. The molecule has 0 amide bonds. The van der Waals surface area contributed by atoms with Crippen LogP contribution < -0.4 is 0 Å². The molecule has 1 atom stereocenters. The molecule has 1 aliphatic rings. The molecule has 1 radical (unpaired) electrons. The first kappa shape index (κ1) is 12.1. The zero-order chi connectivity index (χ0) is 7.61. The summed E-state index contributed by atoms with van der Waals surface area (Å²) in [4.78, 5) is 0. The van der Waals surface area contributed by atoms with Gasteiger partial charge in [-0.3, -0.25) is 0 Å². The molecule has 1 unspecified atom stereocenters. The second-order valence-corrected chi connectivity index (χ2v) is 3.49. The van der Waals surface area contributed by atoms with Crippen LogP contribution in [0.3, 0.4) is 0 Å². The van der Waals surface area contributed by atoms with Gasteiger partial charge in [-0.05, 0) is 31.1 Å². The van der Waals surface area contributed by atoms with Crippen LogP contribution in [0.5, 0.6) is 0 Å². The minimum atomic E-state index is -0.0359. The minimum Gasteiger partial charge on any atom is -0.393 e. The van der Waals surface area contributed by atoms with Crippen LogP contribution >= 0.6 is 0 Å². The molecule has 0 aromatic rings. The van der Waals surface area contributed by atoms with Crippen LogP contribution in [-0.2, 0) is 32.7 Å². The summed E-state index contributed by atoms with van der Waals surface area (Å²) >= 11 is 0. The van der Waals surface area contributed by atoms with Gasteiger partial charge in [0.05, 0.1) is 6.10 Å². The van der Waals surface area contributed by atoms with Gasteiger partial charge < -0.3 is 5.11 Å². The van der Waals surface area contributed by atoms with E-state index < -0.39 is 0 Å². The molecule has 0 aliphatic heterocycles. The zero-order valence-electron chi connectivity index (χ0n) is 7.64. The predicted molar refractivity (Wildman–Crippen MR) is 42.9 cm³/mol. The molecule has 0 bridgehead atoms. The Morgan fingerprint density at radius 3 is 2.00 bits per heavy atom. The molecule has 11 heavy (non-hydrogen) atoms. The largest absolute Gasteiger partial charge is 0.393 e. The molecule has 1 saturated carbocycles. The first-order valence-electron chi connectivity index (χ1n) is 4.43. The third kappa shape index (κ3) is 2.26. The standard InChI is InChI=1S/C9H18O.Y/c1-3-8(10)9(4-2)6-5-7-9;/h8,10H,3-7H2,1-2H3;. The van der Waals surface area contributed by atoms with Crippen molar-refractivity contribution in [1.82, 2.24) is 0 Å². The maximum absolute atomic E-state index is 9.63. The fourth-order valence-corrected chi connectivity index (χ4v) is 1.99. The Kier molecular flexibility index (Phi) is 5.42. The topological polar surface area (TPSA) is 20.2 Å². The van der Waals surface area contributed by atoms with Gasteiger partial charge in [-0.2, -0.15) is 0 Å². The number of aliphatic hydroxyl groups excluding tert-OH is 1. The Hall–Kier alpha value is 1.06. The summed E-state index contributed by atoms with van der Waals surface area (Å²) in [6.07, 6.45) is 5.86. The van der Waals surface area contributed by atoms with Crippen molar-refractivity contribution in [3.05, 3.63) is 0 Å². The minimum absolute atomic E-state index is 0. The van der Waals surface area contributed by atoms with Gasteiger partial charge >= 0.3 is 0 Å². The van der Waals surface area contributed by atoms with E-state index in [1.165, 1.54) is 19.3 Å². The van der Waals surface area contributed by atoms with E-state index in [1.807, 2.05) is 0 Å². The van der Waals surface area contributed by atoms with Crippen molar-refractivity contribution in [1.29, 1.82) is 0 Å². The summed E-state index contributed by atoms with van der Waals surface area (Å²) < 4.78 is 0. The first-order chi connectivity index (χ1) is 4.75. The molecule has 1 N–H and O–H groups in total. The Balaban J connectivity index is 0.000001000. The van der Waals surface area contributed by atoms with Gasteiger partial charge in [0.2, 0.25) is 0 Å². The van der Waals surface area contributed by atoms with Crippen molar-refractivity contribution in [3.8, 4) is 0 Å². The van der Waals surface area contributed by atoms with Crippen LogP contribution in [0.15, 0.2) is 0 Å². The summed E-state index contributed by atoms with van der Waals surface area (Å²) in [6, 6.07) is 0. The van der Waals surface area contributed by atoms with Crippen molar-refractivity contribution in [3.63, 3.8) is 0 Å². The van der Waals surface area contributed by atoms with Crippen LogP contribution in [0.1, 0.15) is 46.0 Å². The summed E-state index contributed by atoms with van der Waals surface area (Å²) in [5.74, 6) is 0. The fourth-order valence-electron chi connectivity index (χ4n) is 1.99. The van der Waals surface area contributed by atoms with E-state index in [2.05, 4.69) is 13.8 Å². The van der Waals surface area contributed by atoms with Gasteiger partial charge in [0.15, 0.2) is 0 Å². The van der Waals surface area contributed by atoms with Crippen LogP contribution in [0.25, 0.3) is 0 Å². The molecule has 1 fully saturated rings. The molecule has 0 aromatic carbocycles. The Morgan fingerprint density at radius 2 is 1.91 bits per heavy atom. The van der Waals surface area contributed by atoms with Gasteiger partial charge in [-0.1, -0.05) is 20.3 Å². The molecular weight excluding hydrogens is 213 g/mol. The van der Waals surface area contributed by atoms with Crippen molar-refractivity contribution in [2.24, 2.45) is 5.41 Å². The van der Waals surface area contributed by atoms with Crippen LogP contribution in [0.4, 0.5) is 0 Å². The zero-order valence-corrected chi connectivity index (χ0v) is 10.5. The third-order valence-electron chi connectivity index (χ3n) is 3.15. The molecule has 0 saturated heterocycles. The van der Waals surface area contributed by atoms with E-state index in [4.69, 9.17) is 0 Å². The summed E-state index contributed by atoms with van der Waals surface area (Å²) in [7, 11) is 0. The summed E-state index contributed by atoms with van der Waals surface area (Å²) in [5.41, 5.74) is 0.328. The maximum Gasteiger partial charge on any atom is 0.0593 e. The van der Waals surface area contributed by atoms with Crippen molar-refractivity contribution in [2.75, 3.05) is 0 Å². The molecule has 1 aliphatic carbocycles. The Labute approximate surface area is 94.8 Å². The maximum atomic E-state index is 9.63. The quantitative estimate of drug-likeness (QED) is 0.790. The van der Waals surface area contributed by atoms with Crippen molar-refractivity contribution >= 4 is 0 Å². The van der Waals surface area contributed by atoms with E-state index >= 15 is 0 Å². The predicted octanol–water partition coefficient (Wildman–Crippen LogP) is 2.34. The fraction of sp³-hybridized carbons (Fsp3) is 1.00. The first-order valence-corrected chi connectivity index (χ1v) is 4.43.